The van der Waals surface area contributed by atoms with Crippen molar-refractivity contribution >= 4 is 37.1 Å². The molecule has 0 aliphatic rings. The Kier molecular flexibility index (Phi) is 10.7. The van der Waals surface area contributed by atoms with Crippen LogP contribution in [-0.2, 0) is 0 Å². The number of benzene rings is 4. The van der Waals surface area contributed by atoms with Gasteiger partial charge in [0.1, 0.15) is 23.0 Å². The van der Waals surface area contributed by atoms with E-state index < -0.39 is 15.8 Å². The molecule has 0 saturated heterocycles. The highest BCUT2D eigenvalue weighted by Crippen LogP contribution is 2.45. The fourth-order valence-corrected chi connectivity index (χ4v) is 11.0. The number of hydrogen-bond donors (Lipinski definition) is 0. The average molecular weight is 589 g/mol. The monoisotopic (exact) mass is 588 g/mol. The molecule has 0 aliphatic carbocycles. The molecule has 0 bridgehead atoms. The zero-order chi connectivity index (χ0) is 29.5. The van der Waals surface area contributed by atoms with Crippen LogP contribution in [0.2, 0.25) is 0 Å². The van der Waals surface area contributed by atoms with Gasteiger partial charge in [0.2, 0.25) is 0 Å². The van der Waals surface area contributed by atoms with Crippen molar-refractivity contribution in [3.05, 3.63) is 95.1 Å². The van der Waals surface area contributed by atoms with E-state index in [-0.39, 0.29) is 0 Å². The molecule has 0 aliphatic heterocycles. The Balaban J connectivity index is 1.78. The van der Waals surface area contributed by atoms with Gasteiger partial charge in [-0.2, -0.15) is 0 Å². The minimum atomic E-state index is -0.742. The van der Waals surface area contributed by atoms with E-state index in [0.29, 0.717) is 0 Å². The molecule has 0 aromatic heterocycles. The third kappa shape index (κ3) is 7.24. The van der Waals surface area contributed by atoms with Gasteiger partial charge in [0.25, 0.3) is 0 Å². The predicted molar refractivity (Wildman–Crippen MR) is 178 cm³/mol. The molecule has 0 amide bonds. The lowest BCUT2D eigenvalue weighted by molar-refractivity contribution is 0.417. The third-order valence-electron chi connectivity index (χ3n) is 7.26. The highest BCUT2D eigenvalue weighted by molar-refractivity contribution is 7.74. The first kappa shape index (κ1) is 30.9. The van der Waals surface area contributed by atoms with E-state index in [1.165, 1.54) is 43.5 Å². The zero-order valence-electron chi connectivity index (χ0n) is 25.6. The minimum Gasteiger partial charge on any atom is -0.496 e. The standard InChI is InChI=1S/C35H42O4P2/c1-24-10-14-28(36-5)32(20-24)40(33-21-25(2)11-15-29(33)37-6)18-9-19-41(34-22-26(3)12-16-30(34)38-7)35-23-27(4)13-17-31(35)39-8/h10-17,20-23H,9,18-19H2,1-8H3. The van der Waals surface area contributed by atoms with Crippen LogP contribution in [0.5, 0.6) is 23.0 Å². The van der Waals surface area contributed by atoms with Crippen molar-refractivity contribution in [2.75, 3.05) is 40.8 Å². The molecule has 4 aromatic carbocycles. The van der Waals surface area contributed by atoms with Gasteiger partial charge < -0.3 is 18.9 Å². The molecule has 0 atom stereocenters. The molecule has 0 unspecified atom stereocenters. The molecule has 6 heteroatoms. The quantitative estimate of drug-likeness (QED) is 0.169. The van der Waals surface area contributed by atoms with Crippen LogP contribution in [0.1, 0.15) is 28.7 Å². The summed E-state index contributed by atoms with van der Waals surface area (Å²) in [6, 6.07) is 26.1. The fourth-order valence-electron chi connectivity index (χ4n) is 5.17. The molecule has 4 aromatic rings. The Labute approximate surface area is 248 Å². The number of methoxy groups -OCH3 is 4. The predicted octanol–water partition coefficient (Wildman–Crippen LogP) is 6.91. The molecule has 4 rings (SSSR count). The molecular weight excluding hydrogens is 546 g/mol. The van der Waals surface area contributed by atoms with Crippen LogP contribution in [0.15, 0.2) is 72.8 Å². The van der Waals surface area contributed by atoms with E-state index in [0.717, 1.165) is 41.7 Å². The minimum absolute atomic E-state index is 0.742. The maximum absolute atomic E-state index is 5.91. The fraction of sp³-hybridized carbons (Fsp3) is 0.314. The summed E-state index contributed by atoms with van der Waals surface area (Å²) >= 11 is 0. The Bertz CT molecular complexity index is 1270. The Hall–Kier alpha value is -3.06. The number of rotatable bonds is 12. The summed E-state index contributed by atoms with van der Waals surface area (Å²) in [6.45, 7) is 8.60. The van der Waals surface area contributed by atoms with Gasteiger partial charge in [0.15, 0.2) is 0 Å². The van der Waals surface area contributed by atoms with E-state index in [2.05, 4.69) is 100 Å². The SMILES string of the molecule is COc1ccc(C)cc1P(CCCP(c1cc(C)ccc1OC)c1cc(C)ccc1OC)c1cc(C)ccc1OC. The van der Waals surface area contributed by atoms with Crippen molar-refractivity contribution in [2.45, 2.75) is 34.1 Å². The number of ether oxygens (including phenoxy) is 4. The first-order valence-electron chi connectivity index (χ1n) is 13.9. The Morgan fingerprint density at radius 3 is 0.878 bits per heavy atom. The Morgan fingerprint density at radius 2 is 0.659 bits per heavy atom. The van der Waals surface area contributed by atoms with Crippen molar-refractivity contribution in [1.82, 2.24) is 0 Å². The smallest absolute Gasteiger partial charge is 0.126 e. The van der Waals surface area contributed by atoms with Crippen LogP contribution in [-0.4, -0.2) is 40.8 Å². The molecule has 0 N–H and O–H groups in total. The first-order chi connectivity index (χ1) is 19.8. The van der Waals surface area contributed by atoms with Crippen LogP contribution in [0.25, 0.3) is 0 Å². The van der Waals surface area contributed by atoms with E-state index in [9.17, 15) is 0 Å². The molecule has 0 heterocycles. The van der Waals surface area contributed by atoms with Crippen LogP contribution in [0.4, 0.5) is 0 Å². The van der Waals surface area contributed by atoms with Crippen molar-refractivity contribution in [2.24, 2.45) is 0 Å². The largest absolute Gasteiger partial charge is 0.496 e. The zero-order valence-corrected chi connectivity index (χ0v) is 27.4. The lowest BCUT2D eigenvalue weighted by atomic mass is 10.2. The lowest BCUT2D eigenvalue weighted by Gasteiger charge is -2.26. The van der Waals surface area contributed by atoms with Gasteiger partial charge in [-0.05, 0) is 111 Å². The van der Waals surface area contributed by atoms with Crippen molar-refractivity contribution in [1.29, 1.82) is 0 Å². The molecule has 0 spiro atoms. The normalized spacial score (nSPS) is 11.2. The maximum Gasteiger partial charge on any atom is 0.126 e. The van der Waals surface area contributed by atoms with Gasteiger partial charge in [-0.15, -0.1) is 0 Å². The molecule has 0 fully saturated rings. The summed E-state index contributed by atoms with van der Waals surface area (Å²) in [6.07, 6.45) is 3.05. The molecular formula is C35H42O4P2. The number of aryl methyl sites for hydroxylation is 4. The summed E-state index contributed by atoms with van der Waals surface area (Å²) in [4.78, 5) is 0. The maximum atomic E-state index is 5.91. The molecule has 0 saturated carbocycles. The molecule has 4 nitrogen and oxygen atoms in total. The lowest BCUT2D eigenvalue weighted by Crippen LogP contribution is -2.21. The highest BCUT2D eigenvalue weighted by Gasteiger charge is 2.25. The number of hydrogen-bond acceptors (Lipinski definition) is 4. The van der Waals surface area contributed by atoms with Gasteiger partial charge in [-0.3, -0.25) is 0 Å². The average Bonchev–Trinajstić information content (AvgIpc) is 2.97. The van der Waals surface area contributed by atoms with E-state index in [1.54, 1.807) is 28.4 Å². The van der Waals surface area contributed by atoms with Crippen LogP contribution in [0.3, 0.4) is 0 Å². The van der Waals surface area contributed by atoms with E-state index in [4.69, 9.17) is 18.9 Å². The topological polar surface area (TPSA) is 36.9 Å². The Morgan fingerprint density at radius 1 is 0.415 bits per heavy atom. The second kappa shape index (κ2) is 14.2. The van der Waals surface area contributed by atoms with Gasteiger partial charge in [-0.1, -0.05) is 46.5 Å². The van der Waals surface area contributed by atoms with E-state index in [1.807, 2.05) is 0 Å². The summed E-state index contributed by atoms with van der Waals surface area (Å²) in [5, 5.41) is 5.04. The van der Waals surface area contributed by atoms with Gasteiger partial charge in [0.05, 0.1) is 28.4 Å². The van der Waals surface area contributed by atoms with Crippen LogP contribution >= 0.6 is 15.8 Å². The molecule has 216 valence electrons. The highest BCUT2D eigenvalue weighted by atomic mass is 31.1. The van der Waals surface area contributed by atoms with Gasteiger partial charge in [0, 0.05) is 21.2 Å². The van der Waals surface area contributed by atoms with Crippen molar-refractivity contribution in [3.63, 3.8) is 0 Å². The second-order valence-corrected chi connectivity index (χ2v) is 14.9. The molecule has 0 radical (unpaired) electrons. The molecule has 41 heavy (non-hydrogen) atoms. The third-order valence-corrected chi connectivity index (χ3v) is 12.5. The second-order valence-electron chi connectivity index (χ2n) is 10.4. The van der Waals surface area contributed by atoms with Gasteiger partial charge in [-0.25, -0.2) is 0 Å². The van der Waals surface area contributed by atoms with Crippen molar-refractivity contribution in [3.8, 4) is 23.0 Å². The van der Waals surface area contributed by atoms with Crippen LogP contribution in [0, 0.1) is 27.7 Å². The van der Waals surface area contributed by atoms with E-state index >= 15 is 0 Å². The summed E-state index contributed by atoms with van der Waals surface area (Å²) in [5.74, 6) is 3.75. The van der Waals surface area contributed by atoms with Gasteiger partial charge >= 0.3 is 0 Å². The van der Waals surface area contributed by atoms with Crippen LogP contribution < -0.4 is 40.2 Å². The summed E-state index contributed by atoms with van der Waals surface area (Å²) in [5.41, 5.74) is 4.93. The summed E-state index contributed by atoms with van der Waals surface area (Å²) < 4.78 is 23.6. The van der Waals surface area contributed by atoms with Crippen molar-refractivity contribution < 1.29 is 18.9 Å². The first-order valence-corrected chi connectivity index (χ1v) is 17.0. The summed E-state index contributed by atoms with van der Waals surface area (Å²) in [7, 11) is 5.58.